The number of ether oxygens (including phenoxy) is 1. The van der Waals surface area contributed by atoms with E-state index in [4.69, 9.17) is 27.9 Å². The summed E-state index contributed by atoms with van der Waals surface area (Å²) in [4.78, 5) is 0. The topological polar surface area (TPSA) is 21.3 Å². The summed E-state index contributed by atoms with van der Waals surface area (Å²) in [7, 11) is 1.56. The fourth-order valence-corrected chi connectivity index (χ4v) is 2.09. The van der Waals surface area contributed by atoms with Crippen LogP contribution >= 0.6 is 23.2 Å². The molecule has 0 fully saturated rings. The number of halogens is 3. The van der Waals surface area contributed by atoms with Gasteiger partial charge in [0.05, 0.1) is 17.8 Å². The van der Waals surface area contributed by atoms with E-state index in [1.165, 1.54) is 6.07 Å². The Hall–Kier alpha value is -1.45. The molecule has 2 aromatic carbocycles. The van der Waals surface area contributed by atoms with E-state index in [1.807, 2.05) is 6.07 Å². The highest BCUT2D eigenvalue weighted by Gasteiger charge is 2.04. The molecule has 0 aliphatic rings. The summed E-state index contributed by atoms with van der Waals surface area (Å²) in [5.41, 5.74) is 1.33. The molecule has 0 amide bonds. The summed E-state index contributed by atoms with van der Waals surface area (Å²) in [5, 5.41) is 3.89. The van der Waals surface area contributed by atoms with Gasteiger partial charge in [0.15, 0.2) is 0 Å². The van der Waals surface area contributed by atoms with Crippen molar-refractivity contribution in [3.63, 3.8) is 0 Å². The first-order valence-electron chi connectivity index (χ1n) is 5.61. The highest BCUT2D eigenvalue weighted by atomic mass is 35.5. The van der Waals surface area contributed by atoms with Crippen molar-refractivity contribution in [2.24, 2.45) is 0 Å². The molecule has 2 rings (SSSR count). The zero-order chi connectivity index (χ0) is 13.8. The van der Waals surface area contributed by atoms with Crippen LogP contribution in [-0.2, 0) is 6.54 Å². The summed E-state index contributed by atoms with van der Waals surface area (Å²) in [5.74, 6) is 0.232. The predicted octanol–water partition coefficient (Wildman–Crippen LogP) is 4.75. The smallest absolute Gasteiger partial charge is 0.147 e. The average Bonchev–Trinajstić information content (AvgIpc) is 2.38. The van der Waals surface area contributed by atoms with Gasteiger partial charge in [-0.2, -0.15) is 0 Å². The minimum atomic E-state index is -0.382. The molecule has 0 saturated carbocycles. The van der Waals surface area contributed by atoms with Crippen LogP contribution in [0.15, 0.2) is 36.4 Å². The maximum absolute atomic E-state index is 13.6. The standard InChI is InChI=1S/C14H12Cl2FNO/c1-19-14-5-2-9(6-11(14)16)8-18-13-4-3-10(15)7-12(13)17/h2-7,18H,8H2,1H3. The van der Waals surface area contributed by atoms with Gasteiger partial charge in [-0.05, 0) is 35.9 Å². The van der Waals surface area contributed by atoms with E-state index < -0.39 is 0 Å². The third-order valence-corrected chi connectivity index (χ3v) is 3.16. The van der Waals surface area contributed by atoms with Gasteiger partial charge in [0.25, 0.3) is 0 Å². The van der Waals surface area contributed by atoms with Crippen molar-refractivity contribution in [3.05, 3.63) is 57.8 Å². The molecule has 0 heterocycles. The van der Waals surface area contributed by atoms with E-state index in [9.17, 15) is 4.39 Å². The number of hydrogen-bond acceptors (Lipinski definition) is 2. The summed E-state index contributed by atoms with van der Waals surface area (Å²) in [6.45, 7) is 0.461. The van der Waals surface area contributed by atoms with Crippen LogP contribution in [0.5, 0.6) is 5.75 Å². The monoisotopic (exact) mass is 299 g/mol. The van der Waals surface area contributed by atoms with Crippen LogP contribution in [0.2, 0.25) is 10.0 Å². The van der Waals surface area contributed by atoms with Crippen LogP contribution in [0.25, 0.3) is 0 Å². The third kappa shape index (κ3) is 3.52. The molecule has 0 aliphatic carbocycles. The zero-order valence-electron chi connectivity index (χ0n) is 10.2. The summed E-state index contributed by atoms with van der Waals surface area (Å²) >= 11 is 11.7. The van der Waals surface area contributed by atoms with Gasteiger partial charge in [0.2, 0.25) is 0 Å². The molecule has 0 radical (unpaired) electrons. The molecule has 100 valence electrons. The molecule has 0 spiro atoms. The molecule has 0 atom stereocenters. The molecule has 0 unspecified atom stereocenters. The molecule has 19 heavy (non-hydrogen) atoms. The Balaban J connectivity index is 2.08. The predicted molar refractivity (Wildman–Crippen MR) is 76.7 cm³/mol. The minimum absolute atomic E-state index is 0.371. The number of nitrogens with one attached hydrogen (secondary N) is 1. The first-order chi connectivity index (χ1) is 9.10. The number of hydrogen-bond donors (Lipinski definition) is 1. The Bertz CT molecular complexity index is 590. The maximum Gasteiger partial charge on any atom is 0.147 e. The number of anilines is 1. The van der Waals surface area contributed by atoms with Crippen LogP contribution in [0.3, 0.4) is 0 Å². The molecule has 0 aliphatic heterocycles. The van der Waals surface area contributed by atoms with Crippen molar-refractivity contribution in [3.8, 4) is 5.75 Å². The fraction of sp³-hybridized carbons (Fsp3) is 0.143. The molecule has 2 aromatic rings. The Morgan fingerprint density at radius 3 is 2.58 bits per heavy atom. The zero-order valence-corrected chi connectivity index (χ0v) is 11.7. The van der Waals surface area contributed by atoms with Crippen molar-refractivity contribution >= 4 is 28.9 Å². The quantitative estimate of drug-likeness (QED) is 0.879. The van der Waals surface area contributed by atoms with Crippen molar-refractivity contribution < 1.29 is 9.13 Å². The molecular weight excluding hydrogens is 288 g/mol. The van der Waals surface area contributed by atoms with E-state index in [-0.39, 0.29) is 5.82 Å². The molecular formula is C14H12Cl2FNO. The Morgan fingerprint density at radius 2 is 1.95 bits per heavy atom. The van der Waals surface area contributed by atoms with Gasteiger partial charge in [-0.1, -0.05) is 29.3 Å². The molecule has 5 heteroatoms. The lowest BCUT2D eigenvalue weighted by Crippen LogP contribution is -2.01. The molecule has 0 bridgehead atoms. The van der Waals surface area contributed by atoms with Crippen molar-refractivity contribution in [2.45, 2.75) is 6.54 Å². The SMILES string of the molecule is COc1ccc(CNc2ccc(Cl)cc2F)cc1Cl. The normalized spacial score (nSPS) is 10.3. The van der Waals surface area contributed by atoms with Crippen LogP contribution in [0, 0.1) is 5.82 Å². The number of methoxy groups -OCH3 is 1. The molecule has 0 aromatic heterocycles. The second kappa shape index (κ2) is 6.13. The first-order valence-corrected chi connectivity index (χ1v) is 6.37. The number of benzene rings is 2. The van der Waals surface area contributed by atoms with Gasteiger partial charge in [0.1, 0.15) is 11.6 Å². The van der Waals surface area contributed by atoms with Gasteiger partial charge in [0, 0.05) is 11.6 Å². The lowest BCUT2D eigenvalue weighted by atomic mass is 10.2. The van der Waals surface area contributed by atoms with E-state index in [0.29, 0.717) is 28.0 Å². The van der Waals surface area contributed by atoms with Gasteiger partial charge < -0.3 is 10.1 Å². The first kappa shape index (κ1) is 14.0. The maximum atomic E-state index is 13.6. The third-order valence-electron chi connectivity index (χ3n) is 2.63. The summed E-state index contributed by atoms with van der Waals surface area (Å²) in [6, 6.07) is 9.92. The van der Waals surface area contributed by atoms with Gasteiger partial charge in [-0.3, -0.25) is 0 Å². The van der Waals surface area contributed by atoms with Crippen LogP contribution in [-0.4, -0.2) is 7.11 Å². The van der Waals surface area contributed by atoms with E-state index in [2.05, 4.69) is 5.32 Å². The van der Waals surface area contributed by atoms with Gasteiger partial charge in [-0.25, -0.2) is 4.39 Å². The van der Waals surface area contributed by atoms with Crippen LogP contribution in [0.4, 0.5) is 10.1 Å². The second-order valence-corrected chi connectivity index (χ2v) is 4.79. The fourth-order valence-electron chi connectivity index (χ4n) is 1.65. The van der Waals surface area contributed by atoms with E-state index in [0.717, 1.165) is 5.56 Å². The lowest BCUT2D eigenvalue weighted by Gasteiger charge is -2.09. The highest BCUT2D eigenvalue weighted by molar-refractivity contribution is 6.32. The minimum Gasteiger partial charge on any atom is -0.495 e. The highest BCUT2D eigenvalue weighted by Crippen LogP contribution is 2.26. The van der Waals surface area contributed by atoms with E-state index in [1.54, 1.807) is 31.4 Å². The van der Waals surface area contributed by atoms with Crippen molar-refractivity contribution in [1.29, 1.82) is 0 Å². The number of rotatable bonds is 4. The van der Waals surface area contributed by atoms with Crippen molar-refractivity contribution in [1.82, 2.24) is 0 Å². The second-order valence-electron chi connectivity index (χ2n) is 3.95. The molecule has 2 nitrogen and oxygen atoms in total. The molecule has 1 N–H and O–H groups in total. The Morgan fingerprint density at radius 1 is 1.16 bits per heavy atom. The van der Waals surface area contributed by atoms with Crippen LogP contribution < -0.4 is 10.1 Å². The summed E-state index contributed by atoms with van der Waals surface area (Å²) < 4.78 is 18.6. The van der Waals surface area contributed by atoms with Gasteiger partial charge >= 0.3 is 0 Å². The lowest BCUT2D eigenvalue weighted by molar-refractivity contribution is 0.415. The largest absolute Gasteiger partial charge is 0.495 e. The van der Waals surface area contributed by atoms with Crippen LogP contribution in [0.1, 0.15) is 5.56 Å². The van der Waals surface area contributed by atoms with E-state index >= 15 is 0 Å². The Kier molecular flexibility index (Phi) is 4.51. The molecule has 0 saturated heterocycles. The average molecular weight is 300 g/mol. The van der Waals surface area contributed by atoms with Gasteiger partial charge in [-0.15, -0.1) is 0 Å². The Labute approximate surface area is 121 Å². The van der Waals surface area contributed by atoms with Crippen molar-refractivity contribution in [2.75, 3.05) is 12.4 Å². The summed E-state index contributed by atoms with van der Waals surface area (Å²) in [6.07, 6.45) is 0.